The van der Waals surface area contributed by atoms with Gasteiger partial charge in [0.1, 0.15) is 0 Å². The molecule has 21 heavy (non-hydrogen) atoms. The lowest BCUT2D eigenvalue weighted by Crippen LogP contribution is -2.50. The molecule has 0 unspecified atom stereocenters. The number of Topliss-reactive ketones (excluding diaryl/α,β-unsaturated/α-hetero) is 1. The quantitative estimate of drug-likeness (QED) is 0.796. The van der Waals surface area contributed by atoms with Crippen LogP contribution in [0.5, 0.6) is 0 Å². The van der Waals surface area contributed by atoms with Crippen LogP contribution < -0.4 is 0 Å². The molecule has 0 aliphatic carbocycles. The molecule has 0 bridgehead atoms. The monoisotopic (exact) mass is 283 g/mol. The lowest BCUT2D eigenvalue weighted by molar-refractivity contribution is -0.128. The zero-order chi connectivity index (χ0) is 15.5. The van der Waals surface area contributed by atoms with Gasteiger partial charge in [0.05, 0.1) is 5.54 Å². The van der Waals surface area contributed by atoms with E-state index in [4.69, 9.17) is 0 Å². The summed E-state index contributed by atoms with van der Waals surface area (Å²) in [6.07, 6.45) is 0.491. The fourth-order valence-corrected chi connectivity index (χ4v) is 3.03. The Kier molecular flexibility index (Phi) is 4.79. The Balaban J connectivity index is 2.30. The van der Waals surface area contributed by atoms with Gasteiger partial charge < -0.3 is 0 Å². The Hall–Kier alpha value is -1.67. The van der Waals surface area contributed by atoms with Gasteiger partial charge in [0, 0.05) is 6.42 Å². The SMILES string of the molecule is CCN(CC)C(C)(C)C(=O)Cc1cccc2ccccc12. The van der Waals surface area contributed by atoms with E-state index in [1.807, 2.05) is 32.0 Å². The van der Waals surface area contributed by atoms with E-state index in [9.17, 15) is 4.79 Å². The lowest BCUT2D eigenvalue weighted by atomic mass is 9.90. The van der Waals surface area contributed by atoms with Crippen molar-refractivity contribution in [3.05, 3.63) is 48.0 Å². The summed E-state index contributed by atoms with van der Waals surface area (Å²) in [5.41, 5.74) is 0.707. The van der Waals surface area contributed by atoms with E-state index in [0.29, 0.717) is 6.42 Å². The molecule has 0 amide bonds. The van der Waals surface area contributed by atoms with Crippen LogP contribution in [-0.2, 0) is 11.2 Å². The number of fused-ring (bicyclic) bond motifs is 1. The average molecular weight is 283 g/mol. The molecule has 0 saturated carbocycles. The van der Waals surface area contributed by atoms with Gasteiger partial charge in [0.15, 0.2) is 5.78 Å². The second kappa shape index (κ2) is 6.40. The molecule has 0 atom stereocenters. The first-order chi connectivity index (χ1) is 10.0. The maximum Gasteiger partial charge on any atom is 0.156 e. The average Bonchev–Trinajstić information content (AvgIpc) is 2.48. The summed E-state index contributed by atoms with van der Waals surface area (Å²) in [6, 6.07) is 14.5. The zero-order valence-electron chi connectivity index (χ0n) is 13.5. The van der Waals surface area contributed by atoms with Gasteiger partial charge in [0.2, 0.25) is 0 Å². The van der Waals surface area contributed by atoms with E-state index < -0.39 is 5.54 Å². The van der Waals surface area contributed by atoms with Crippen LogP contribution in [0.4, 0.5) is 0 Å². The topological polar surface area (TPSA) is 20.3 Å². The predicted octanol–water partition coefficient (Wildman–Crippen LogP) is 4.07. The molecular formula is C19H25NO. The van der Waals surface area contributed by atoms with E-state index in [2.05, 4.69) is 43.0 Å². The summed E-state index contributed by atoms with van der Waals surface area (Å²) in [5.74, 6) is 0.280. The summed E-state index contributed by atoms with van der Waals surface area (Å²) in [5, 5.41) is 2.38. The number of hydrogen-bond donors (Lipinski definition) is 0. The Morgan fingerprint density at radius 2 is 1.62 bits per heavy atom. The number of nitrogens with zero attached hydrogens (tertiary/aromatic N) is 1. The van der Waals surface area contributed by atoms with Crippen LogP contribution in [0, 0.1) is 0 Å². The molecule has 0 aliphatic rings. The minimum absolute atomic E-state index is 0.280. The first-order valence-corrected chi connectivity index (χ1v) is 7.75. The highest BCUT2D eigenvalue weighted by atomic mass is 16.1. The third kappa shape index (κ3) is 3.16. The molecule has 2 nitrogen and oxygen atoms in total. The standard InChI is InChI=1S/C19H25NO/c1-5-20(6-2)19(3,4)18(21)14-16-12-9-11-15-10-7-8-13-17(15)16/h7-13H,5-6,14H2,1-4H3. The highest BCUT2D eigenvalue weighted by Gasteiger charge is 2.32. The second-order valence-corrected chi connectivity index (χ2v) is 5.97. The van der Waals surface area contributed by atoms with Crippen LogP contribution in [0.25, 0.3) is 10.8 Å². The Morgan fingerprint density at radius 3 is 2.29 bits per heavy atom. The molecule has 0 saturated heterocycles. The second-order valence-electron chi connectivity index (χ2n) is 5.97. The van der Waals surface area contributed by atoms with Gasteiger partial charge in [-0.15, -0.1) is 0 Å². The number of ketones is 1. The van der Waals surface area contributed by atoms with Crippen LogP contribution in [0.3, 0.4) is 0 Å². The number of likely N-dealkylation sites (N-methyl/N-ethyl adjacent to an activating group) is 1. The van der Waals surface area contributed by atoms with Crippen LogP contribution in [-0.4, -0.2) is 29.3 Å². The molecule has 2 rings (SSSR count). The Labute approximate surface area is 127 Å². The molecule has 0 fully saturated rings. The van der Waals surface area contributed by atoms with Crippen molar-refractivity contribution >= 4 is 16.6 Å². The highest BCUT2D eigenvalue weighted by Crippen LogP contribution is 2.23. The maximum atomic E-state index is 12.8. The molecular weight excluding hydrogens is 258 g/mol. The third-order valence-corrected chi connectivity index (χ3v) is 4.47. The largest absolute Gasteiger partial charge is 0.297 e. The van der Waals surface area contributed by atoms with Gasteiger partial charge in [-0.05, 0) is 43.3 Å². The van der Waals surface area contributed by atoms with Gasteiger partial charge in [-0.25, -0.2) is 0 Å². The summed E-state index contributed by atoms with van der Waals surface area (Å²) < 4.78 is 0. The van der Waals surface area contributed by atoms with Crippen molar-refractivity contribution in [3.8, 4) is 0 Å². The molecule has 2 heteroatoms. The van der Waals surface area contributed by atoms with Crippen LogP contribution in [0.15, 0.2) is 42.5 Å². The molecule has 2 aromatic rings. The predicted molar refractivity (Wildman–Crippen MR) is 89.7 cm³/mol. The van der Waals surface area contributed by atoms with Crippen molar-refractivity contribution in [1.29, 1.82) is 0 Å². The Bertz CT molecular complexity index is 621. The van der Waals surface area contributed by atoms with Gasteiger partial charge >= 0.3 is 0 Å². The summed E-state index contributed by atoms with van der Waals surface area (Å²) in [7, 11) is 0. The minimum atomic E-state index is -0.416. The molecule has 0 spiro atoms. The molecule has 0 aromatic heterocycles. The van der Waals surface area contributed by atoms with E-state index in [-0.39, 0.29) is 5.78 Å². The van der Waals surface area contributed by atoms with Crippen molar-refractivity contribution in [2.75, 3.05) is 13.1 Å². The van der Waals surface area contributed by atoms with Crippen LogP contribution in [0.2, 0.25) is 0 Å². The number of rotatable bonds is 6. The fourth-order valence-electron chi connectivity index (χ4n) is 3.03. The van der Waals surface area contributed by atoms with Crippen molar-refractivity contribution in [1.82, 2.24) is 4.90 Å². The zero-order valence-corrected chi connectivity index (χ0v) is 13.5. The minimum Gasteiger partial charge on any atom is -0.297 e. The van der Waals surface area contributed by atoms with E-state index in [1.165, 1.54) is 10.8 Å². The summed E-state index contributed by atoms with van der Waals surface area (Å²) >= 11 is 0. The maximum absolute atomic E-state index is 12.8. The molecule has 2 aromatic carbocycles. The molecule has 0 heterocycles. The van der Waals surface area contributed by atoms with Crippen molar-refractivity contribution < 1.29 is 4.79 Å². The number of carbonyl (C=O) groups excluding carboxylic acids is 1. The molecule has 0 aliphatic heterocycles. The van der Waals surface area contributed by atoms with Crippen molar-refractivity contribution in [3.63, 3.8) is 0 Å². The van der Waals surface area contributed by atoms with Crippen molar-refractivity contribution in [2.45, 2.75) is 39.7 Å². The van der Waals surface area contributed by atoms with Gasteiger partial charge in [-0.3, -0.25) is 9.69 Å². The van der Waals surface area contributed by atoms with E-state index >= 15 is 0 Å². The van der Waals surface area contributed by atoms with Gasteiger partial charge in [-0.2, -0.15) is 0 Å². The van der Waals surface area contributed by atoms with Gasteiger partial charge in [0.25, 0.3) is 0 Å². The fraction of sp³-hybridized carbons (Fsp3) is 0.421. The van der Waals surface area contributed by atoms with Crippen LogP contribution >= 0.6 is 0 Å². The van der Waals surface area contributed by atoms with Gasteiger partial charge in [-0.1, -0.05) is 56.3 Å². The number of hydrogen-bond acceptors (Lipinski definition) is 2. The first-order valence-electron chi connectivity index (χ1n) is 7.75. The smallest absolute Gasteiger partial charge is 0.156 e. The van der Waals surface area contributed by atoms with Crippen molar-refractivity contribution in [2.24, 2.45) is 0 Å². The Morgan fingerprint density at radius 1 is 1.00 bits per heavy atom. The lowest BCUT2D eigenvalue weighted by Gasteiger charge is -2.36. The van der Waals surface area contributed by atoms with E-state index in [1.54, 1.807) is 0 Å². The number of carbonyl (C=O) groups is 1. The first kappa shape index (κ1) is 15.7. The van der Waals surface area contributed by atoms with Crippen LogP contribution in [0.1, 0.15) is 33.3 Å². The molecule has 0 N–H and O–H groups in total. The molecule has 0 radical (unpaired) electrons. The third-order valence-electron chi connectivity index (χ3n) is 4.47. The summed E-state index contributed by atoms with van der Waals surface area (Å²) in [4.78, 5) is 15.0. The molecule has 112 valence electrons. The van der Waals surface area contributed by atoms with E-state index in [0.717, 1.165) is 18.7 Å². The number of benzene rings is 2. The highest BCUT2D eigenvalue weighted by molar-refractivity contribution is 5.94. The summed E-state index contributed by atoms with van der Waals surface area (Å²) in [6.45, 7) is 10.1. The normalized spacial score (nSPS) is 12.0.